The van der Waals surface area contributed by atoms with Crippen LogP contribution in [0.5, 0.6) is 0 Å². The molecule has 3 amide bonds. The molecule has 1 fully saturated rings. The molecule has 1 aliphatic heterocycles. The van der Waals surface area contributed by atoms with E-state index in [1.54, 1.807) is 0 Å². The van der Waals surface area contributed by atoms with Gasteiger partial charge in [0.1, 0.15) is 6.04 Å². The molecule has 2 atom stereocenters. The summed E-state index contributed by atoms with van der Waals surface area (Å²) in [6.07, 6.45) is -0.602. The molecule has 0 radical (unpaired) electrons. The van der Waals surface area contributed by atoms with Gasteiger partial charge in [-0.15, -0.1) is 0 Å². The number of carbonyl (C=O) groups excluding carboxylic acids is 2. The summed E-state index contributed by atoms with van der Waals surface area (Å²) < 4.78 is 0. The van der Waals surface area contributed by atoms with Crippen molar-refractivity contribution in [1.82, 2.24) is 10.6 Å². The highest BCUT2D eigenvalue weighted by Gasteiger charge is 2.30. The fourth-order valence-electron chi connectivity index (χ4n) is 1.55. The molecule has 0 aromatic heterocycles. The third-order valence-electron chi connectivity index (χ3n) is 2.32. The maximum absolute atomic E-state index is 11.2. The molecule has 1 saturated heterocycles. The molecule has 1 aliphatic rings. The fraction of sp³-hybridized carbons (Fsp3) is 0.625. The molecule has 7 nitrogen and oxygen atoms in total. The standard InChI is InChI=1S/C8H13N3O4/c9-6(12)5(11-8(14)15)3-4-1-2-10-7(4)13/h4-5,11H,1-3H2,(H2,9,12)(H,10,13)(H,14,15)/t4-,5?/m0/s1. The van der Waals surface area contributed by atoms with E-state index in [1.807, 2.05) is 5.32 Å². The first-order valence-electron chi connectivity index (χ1n) is 4.57. The van der Waals surface area contributed by atoms with E-state index in [9.17, 15) is 14.4 Å². The maximum Gasteiger partial charge on any atom is 0.405 e. The summed E-state index contributed by atoms with van der Waals surface area (Å²) in [5.74, 6) is -1.26. The topological polar surface area (TPSA) is 122 Å². The normalized spacial score (nSPS) is 21.9. The van der Waals surface area contributed by atoms with Gasteiger partial charge in [-0.05, 0) is 12.8 Å². The second-order valence-corrected chi connectivity index (χ2v) is 3.42. The van der Waals surface area contributed by atoms with Crippen LogP contribution in [0.25, 0.3) is 0 Å². The van der Waals surface area contributed by atoms with Gasteiger partial charge in [0.2, 0.25) is 11.8 Å². The van der Waals surface area contributed by atoms with Gasteiger partial charge in [0.05, 0.1) is 0 Å². The van der Waals surface area contributed by atoms with Crippen LogP contribution in [0.2, 0.25) is 0 Å². The number of amides is 3. The Balaban J connectivity index is 2.54. The molecule has 0 saturated carbocycles. The molecular formula is C8H13N3O4. The second kappa shape index (κ2) is 4.63. The van der Waals surface area contributed by atoms with Crippen molar-refractivity contribution in [1.29, 1.82) is 0 Å². The molecule has 0 spiro atoms. The number of nitrogens with one attached hydrogen (secondary N) is 2. The largest absolute Gasteiger partial charge is 0.465 e. The number of primary amides is 1. The van der Waals surface area contributed by atoms with E-state index >= 15 is 0 Å². The smallest absolute Gasteiger partial charge is 0.405 e. The first-order chi connectivity index (χ1) is 7.00. The first kappa shape index (κ1) is 11.3. The Morgan fingerprint density at radius 1 is 1.67 bits per heavy atom. The molecule has 0 aliphatic carbocycles. The van der Waals surface area contributed by atoms with E-state index in [2.05, 4.69) is 5.32 Å². The van der Waals surface area contributed by atoms with Crippen molar-refractivity contribution < 1.29 is 19.5 Å². The zero-order valence-corrected chi connectivity index (χ0v) is 8.03. The summed E-state index contributed by atoms with van der Waals surface area (Å²) in [4.78, 5) is 32.4. The summed E-state index contributed by atoms with van der Waals surface area (Å²) in [5.41, 5.74) is 5.01. The van der Waals surface area contributed by atoms with E-state index in [-0.39, 0.29) is 18.2 Å². The lowest BCUT2D eigenvalue weighted by molar-refractivity contribution is -0.123. The van der Waals surface area contributed by atoms with E-state index < -0.39 is 18.0 Å². The summed E-state index contributed by atoms with van der Waals surface area (Å²) in [7, 11) is 0. The van der Waals surface area contributed by atoms with Crippen molar-refractivity contribution in [2.75, 3.05) is 6.54 Å². The van der Waals surface area contributed by atoms with Gasteiger partial charge in [0, 0.05) is 12.5 Å². The molecule has 5 N–H and O–H groups in total. The third kappa shape index (κ3) is 3.12. The van der Waals surface area contributed by atoms with Crippen molar-refractivity contribution in [3.05, 3.63) is 0 Å². The number of rotatable bonds is 4. The number of nitrogens with two attached hydrogens (primary N) is 1. The predicted molar refractivity (Wildman–Crippen MR) is 49.9 cm³/mol. The molecule has 1 unspecified atom stereocenters. The van der Waals surface area contributed by atoms with Crippen molar-refractivity contribution >= 4 is 17.9 Å². The predicted octanol–water partition coefficient (Wildman–Crippen LogP) is -1.37. The van der Waals surface area contributed by atoms with Crippen LogP contribution in [0, 0.1) is 5.92 Å². The molecule has 7 heteroatoms. The average Bonchev–Trinajstić information content (AvgIpc) is 2.50. The molecule has 1 heterocycles. The van der Waals surface area contributed by atoms with Gasteiger partial charge in [-0.3, -0.25) is 9.59 Å². The Hall–Kier alpha value is -1.79. The van der Waals surface area contributed by atoms with Crippen LogP contribution >= 0.6 is 0 Å². The quantitative estimate of drug-likeness (QED) is 0.462. The molecular weight excluding hydrogens is 202 g/mol. The molecule has 0 aromatic rings. The summed E-state index contributed by atoms with van der Waals surface area (Å²) in [6, 6.07) is -1.00. The Morgan fingerprint density at radius 2 is 2.33 bits per heavy atom. The highest BCUT2D eigenvalue weighted by molar-refractivity contribution is 5.86. The number of carboxylic acid groups (broad SMARTS) is 1. The van der Waals surface area contributed by atoms with Gasteiger partial charge >= 0.3 is 6.09 Å². The van der Waals surface area contributed by atoms with Crippen molar-refractivity contribution in [2.45, 2.75) is 18.9 Å². The van der Waals surface area contributed by atoms with Crippen LogP contribution in [0.3, 0.4) is 0 Å². The lowest BCUT2D eigenvalue weighted by atomic mass is 9.98. The third-order valence-corrected chi connectivity index (χ3v) is 2.32. The van der Waals surface area contributed by atoms with Crippen LogP contribution < -0.4 is 16.4 Å². The van der Waals surface area contributed by atoms with Gasteiger partial charge < -0.3 is 21.5 Å². The maximum atomic E-state index is 11.2. The average molecular weight is 215 g/mol. The van der Waals surface area contributed by atoms with Crippen LogP contribution in [-0.4, -0.2) is 35.6 Å². The Labute approximate surface area is 86.0 Å². The van der Waals surface area contributed by atoms with Crippen molar-refractivity contribution in [3.8, 4) is 0 Å². The lowest BCUT2D eigenvalue weighted by Crippen LogP contribution is -2.45. The monoisotopic (exact) mass is 215 g/mol. The lowest BCUT2D eigenvalue weighted by Gasteiger charge is -2.15. The molecule has 0 bridgehead atoms. The fourth-order valence-corrected chi connectivity index (χ4v) is 1.55. The highest BCUT2D eigenvalue weighted by Crippen LogP contribution is 2.15. The van der Waals surface area contributed by atoms with Crippen LogP contribution in [0.15, 0.2) is 0 Å². The van der Waals surface area contributed by atoms with Crippen molar-refractivity contribution in [3.63, 3.8) is 0 Å². The summed E-state index contributed by atoms with van der Waals surface area (Å²) in [6.45, 7) is 0.558. The second-order valence-electron chi connectivity index (χ2n) is 3.42. The highest BCUT2D eigenvalue weighted by atomic mass is 16.4. The van der Waals surface area contributed by atoms with Crippen molar-refractivity contribution in [2.24, 2.45) is 11.7 Å². The minimum absolute atomic E-state index is 0.119. The Bertz CT molecular complexity index is 292. The summed E-state index contributed by atoms with van der Waals surface area (Å²) in [5, 5.41) is 13.0. The van der Waals surface area contributed by atoms with Gasteiger partial charge in [0.25, 0.3) is 0 Å². The number of hydrogen-bond donors (Lipinski definition) is 4. The van der Waals surface area contributed by atoms with Gasteiger partial charge in [-0.2, -0.15) is 0 Å². The molecule has 15 heavy (non-hydrogen) atoms. The van der Waals surface area contributed by atoms with Gasteiger partial charge in [-0.1, -0.05) is 0 Å². The number of carbonyl (C=O) groups is 3. The van der Waals surface area contributed by atoms with Crippen LogP contribution in [0.4, 0.5) is 4.79 Å². The minimum atomic E-state index is -1.32. The molecule has 1 rings (SSSR count). The van der Waals surface area contributed by atoms with Gasteiger partial charge in [-0.25, -0.2) is 4.79 Å². The molecule has 84 valence electrons. The Morgan fingerprint density at radius 3 is 2.73 bits per heavy atom. The van der Waals surface area contributed by atoms with E-state index in [0.717, 1.165) is 0 Å². The molecule has 0 aromatic carbocycles. The Kier molecular flexibility index (Phi) is 3.48. The number of hydrogen-bond acceptors (Lipinski definition) is 3. The summed E-state index contributed by atoms with van der Waals surface area (Å²) >= 11 is 0. The zero-order chi connectivity index (χ0) is 11.4. The zero-order valence-electron chi connectivity index (χ0n) is 8.03. The first-order valence-corrected chi connectivity index (χ1v) is 4.57. The van der Waals surface area contributed by atoms with E-state index in [1.165, 1.54) is 0 Å². The van der Waals surface area contributed by atoms with E-state index in [0.29, 0.717) is 13.0 Å². The van der Waals surface area contributed by atoms with Crippen LogP contribution in [0.1, 0.15) is 12.8 Å². The van der Waals surface area contributed by atoms with Gasteiger partial charge in [0.15, 0.2) is 0 Å². The van der Waals surface area contributed by atoms with E-state index in [4.69, 9.17) is 10.8 Å². The SMILES string of the molecule is NC(=O)C(C[C@@H]1CCNC1=O)NC(=O)O. The van der Waals surface area contributed by atoms with Crippen LogP contribution in [-0.2, 0) is 9.59 Å². The minimum Gasteiger partial charge on any atom is -0.465 e.